The number of nitrogens with two attached hydrogens (primary N) is 1. The summed E-state index contributed by atoms with van der Waals surface area (Å²) < 4.78 is 38.2. The van der Waals surface area contributed by atoms with Crippen molar-refractivity contribution in [2.45, 2.75) is 26.2 Å². The summed E-state index contributed by atoms with van der Waals surface area (Å²) in [5.41, 5.74) is 7.55. The Labute approximate surface area is 125 Å². The maximum absolute atomic E-state index is 12.4. The van der Waals surface area contributed by atoms with Crippen molar-refractivity contribution in [2.24, 2.45) is 10.7 Å². The normalized spacial score (nSPS) is 12.5. The minimum atomic E-state index is -4.30. The van der Waals surface area contributed by atoms with Crippen molar-refractivity contribution in [3.63, 3.8) is 0 Å². The van der Waals surface area contributed by atoms with Crippen molar-refractivity contribution in [1.29, 1.82) is 0 Å². The van der Waals surface area contributed by atoms with Gasteiger partial charge >= 0.3 is 6.18 Å². The Kier molecular flexibility index (Phi) is 4.69. The van der Waals surface area contributed by atoms with Crippen LogP contribution in [0.25, 0.3) is 0 Å². The van der Waals surface area contributed by atoms with Gasteiger partial charge in [-0.1, -0.05) is 12.1 Å². The Morgan fingerprint density at radius 2 is 2.18 bits per heavy atom. The first-order valence-electron chi connectivity index (χ1n) is 6.54. The van der Waals surface area contributed by atoms with Gasteiger partial charge in [0.2, 0.25) is 0 Å². The lowest BCUT2D eigenvalue weighted by molar-refractivity contribution is -0.141. The highest BCUT2D eigenvalue weighted by atomic mass is 19.4. The predicted molar refractivity (Wildman–Crippen MR) is 78.4 cm³/mol. The Morgan fingerprint density at radius 3 is 2.86 bits per heavy atom. The number of nitrogens with one attached hydrogen (secondary N) is 1. The van der Waals surface area contributed by atoms with Gasteiger partial charge in [-0.25, -0.2) is 9.98 Å². The van der Waals surface area contributed by atoms with E-state index in [2.05, 4.69) is 15.3 Å². The number of alkyl halides is 3. The largest absolute Gasteiger partial charge is 0.406 e. The summed E-state index contributed by atoms with van der Waals surface area (Å²) in [5.74, 6) is 0.318. The van der Waals surface area contributed by atoms with E-state index < -0.39 is 12.7 Å². The topological polar surface area (TPSA) is 68.2 Å². The monoisotopic (exact) mass is 311 g/mol. The van der Waals surface area contributed by atoms with E-state index in [1.54, 1.807) is 0 Å². The van der Waals surface area contributed by atoms with Crippen LogP contribution in [0.2, 0.25) is 0 Å². The molecule has 1 heterocycles. The summed E-state index contributed by atoms with van der Waals surface area (Å²) >= 11 is 0. The minimum absolute atomic E-state index is 0.0340. The van der Waals surface area contributed by atoms with Gasteiger partial charge in [0.05, 0.1) is 0 Å². The molecule has 0 aliphatic carbocycles. The van der Waals surface area contributed by atoms with Gasteiger partial charge in [0.25, 0.3) is 0 Å². The van der Waals surface area contributed by atoms with Crippen molar-refractivity contribution in [2.75, 3.05) is 5.32 Å². The lowest BCUT2D eigenvalue weighted by atomic mass is 10.2. The van der Waals surface area contributed by atoms with E-state index >= 15 is 0 Å². The standard InChI is InChI=1S/C14H16F3N5/c1-10-3-2-4-11(7-10)21-13(18)20-8-12-19-5-6-22(12)9-14(15,16)17/h2-7H,8-9H2,1H3,(H3,18,20,21). The molecule has 1 aromatic heterocycles. The fraction of sp³-hybridized carbons (Fsp3) is 0.286. The Bertz CT molecular complexity index is 660. The summed E-state index contributed by atoms with van der Waals surface area (Å²) in [6, 6.07) is 7.50. The van der Waals surface area contributed by atoms with E-state index in [1.807, 2.05) is 31.2 Å². The number of aliphatic imine (C=N–C) groups is 1. The molecular weight excluding hydrogens is 295 g/mol. The number of hydrogen-bond acceptors (Lipinski definition) is 2. The van der Waals surface area contributed by atoms with Gasteiger partial charge in [-0.2, -0.15) is 13.2 Å². The number of anilines is 1. The van der Waals surface area contributed by atoms with Gasteiger partial charge < -0.3 is 15.6 Å². The number of aryl methyl sites for hydroxylation is 1. The number of halogens is 3. The second-order valence-corrected chi connectivity index (χ2v) is 4.78. The maximum atomic E-state index is 12.4. The number of rotatable bonds is 4. The van der Waals surface area contributed by atoms with Crippen molar-refractivity contribution in [1.82, 2.24) is 9.55 Å². The lowest BCUT2D eigenvalue weighted by Gasteiger charge is -2.10. The van der Waals surface area contributed by atoms with Crippen LogP contribution in [0, 0.1) is 6.92 Å². The van der Waals surface area contributed by atoms with E-state index in [-0.39, 0.29) is 18.3 Å². The first-order chi connectivity index (χ1) is 10.3. The molecule has 0 amide bonds. The molecule has 0 bridgehead atoms. The van der Waals surface area contributed by atoms with Gasteiger partial charge in [0, 0.05) is 18.1 Å². The number of guanidine groups is 1. The van der Waals surface area contributed by atoms with Gasteiger partial charge in [-0.05, 0) is 24.6 Å². The van der Waals surface area contributed by atoms with E-state index in [4.69, 9.17) is 5.73 Å². The summed E-state index contributed by atoms with van der Waals surface area (Å²) in [5, 5.41) is 2.88. The zero-order chi connectivity index (χ0) is 16.2. The molecule has 0 fully saturated rings. The highest BCUT2D eigenvalue weighted by Crippen LogP contribution is 2.18. The molecule has 0 unspecified atom stereocenters. The molecular formula is C14H16F3N5. The molecule has 2 rings (SSSR count). The molecule has 0 spiro atoms. The number of nitrogens with zero attached hydrogens (tertiary/aromatic N) is 3. The van der Waals surface area contributed by atoms with Crippen LogP contribution in [-0.4, -0.2) is 21.7 Å². The number of hydrogen-bond donors (Lipinski definition) is 2. The highest BCUT2D eigenvalue weighted by molar-refractivity contribution is 5.92. The molecule has 0 aliphatic rings. The van der Waals surface area contributed by atoms with E-state index in [9.17, 15) is 13.2 Å². The highest BCUT2D eigenvalue weighted by Gasteiger charge is 2.28. The van der Waals surface area contributed by atoms with E-state index in [0.29, 0.717) is 0 Å². The molecule has 0 saturated heterocycles. The fourth-order valence-electron chi connectivity index (χ4n) is 1.89. The zero-order valence-corrected chi connectivity index (χ0v) is 11.9. The summed E-state index contributed by atoms with van der Waals surface area (Å²) in [6.45, 7) is 0.809. The Balaban J connectivity index is 2.01. The summed E-state index contributed by atoms with van der Waals surface area (Å²) in [4.78, 5) is 7.88. The Hall–Kier alpha value is -2.51. The summed E-state index contributed by atoms with van der Waals surface area (Å²) in [6.07, 6.45) is -1.73. The molecule has 1 aromatic carbocycles. The molecule has 0 atom stereocenters. The third-order valence-corrected chi connectivity index (χ3v) is 2.83. The number of aromatic nitrogens is 2. The quantitative estimate of drug-likeness (QED) is 0.674. The van der Waals surface area contributed by atoms with Crippen molar-refractivity contribution in [3.8, 4) is 0 Å². The van der Waals surface area contributed by atoms with Gasteiger partial charge in [-0.3, -0.25) is 0 Å². The molecule has 22 heavy (non-hydrogen) atoms. The van der Waals surface area contributed by atoms with Crippen molar-refractivity contribution >= 4 is 11.6 Å². The van der Waals surface area contributed by atoms with Crippen LogP contribution in [0.15, 0.2) is 41.7 Å². The molecule has 0 radical (unpaired) electrons. The van der Waals surface area contributed by atoms with Crippen molar-refractivity contribution < 1.29 is 13.2 Å². The third kappa shape index (κ3) is 4.80. The van der Waals surface area contributed by atoms with Gasteiger partial charge in [0.15, 0.2) is 5.96 Å². The van der Waals surface area contributed by atoms with Gasteiger partial charge in [0.1, 0.15) is 18.9 Å². The summed E-state index contributed by atoms with van der Waals surface area (Å²) in [7, 11) is 0. The molecule has 0 aliphatic heterocycles. The average molecular weight is 311 g/mol. The second kappa shape index (κ2) is 6.50. The van der Waals surface area contributed by atoms with Crippen LogP contribution >= 0.6 is 0 Å². The van der Waals surface area contributed by atoms with E-state index in [0.717, 1.165) is 15.8 Å². The SMILES string of the molecule is Cc1cccc(NC(N)=NCc2nccn2CC(F)(F)F)c1. The first kappa shape index (κ1) is 15.9. The van der Waals surface area contributed by atoms with Crippen LogP contribution in [-0.2, 0) is 13.1 Å². The van der Waals surface area contributed by atoms with E-state index in [1.165, 1.54) is 12.4 Å². The lowest BCUT2D eigenvalue weighted by Crippen LogP contribution is -2.23. The second-order valence-electron chi connectivity index (χ2n) is 4.78. The van der Waals surface area contributed by atoms with Crippen molar-refractivity contribution in [3.05, 3.63) is 48.0 Å². The molecule has 8 heteroatoms. The van der Waals surface area contributed by atoms with Crippen LogP contribution in [0.3, 0.4) is 0 Å². The molecule has 2 aromatic rings. The third-order valence-electron chi connectivity index (χ3n) is 2.83. The van der Waals surface area contributed by atoms with Crippen LogP contribution in [0.5, 0.6) is 0 Å². The maximum Gasteiger partial charge on any atom is 0.406 e. The zero-order valence-electron chi connectivity index (χ0n) is 11.9. The number of imidazole rings is 1. The smallest absolute Gasteiger partial charge is 0.370 e. The molecule has 118 valence electrons. The Morgan fingerprint density at radius 1 is 1.41 bits per heavy atom. The molecule has 5 nitrogen and oxygen atoms in total. The van der Waals surface area contributed by atoms with Crippen LogP contribution < -0.4 is 11.1 Å². The fourth-order valence-corrected chi connectivity index (χ4v) is 1.89. The molecule has 0 saturated carbocycles. The molecule has 3 N–H and O–H groups in total. The average Bonchev–Trinajstić information content (AvgIpc) is 2.81. The van der Waals surface area contributed by atoms with Gasteiger partial charge in [-0.15, -0.1) is 0 Å². The predicted octanol–water partition coefficient (Wildman–Crippen LogP) is 2.68. The minimum Gasteiger partial charge on any atom is -0.370 e. The van der Waals surface area contributed by atoms with Crippen LogP contribution in [0.4, 0.5) is 18.9 Å². The number of benzene rings is 1. The first-order valence-corrected chi connectivity index (χ1v) is 6.54. The van der Waals surface area contributed by atoms with Crippen LogP contribution in [0.1, 0.15) is 11.4 Å².